The average Bonchev–Trinajstić information content (AvgIpc) is 2.36. The highest BCUT2D eigenvalue weighted by Crippen LogP contribution is 2.20. The molecule has 0 aliphatic heterocycles. The summed E-state index contributed by atoms with van der Waals surface area (Å²) in [7, 11) is 1.68. The van der Waals surface area contributed by atoms with Crippen LogP contribution in [0.15, 0.2) is 30.3 Å². The molecule has 0 aliphatic rings. The van der Waals surface area contributed by atoms with Gasteiger partial charge < -0.3 is 15.7 Å². The Kier molecular flexibility index (Phi) is 5.31. The summed E-state index contributed by atoms with van der Waals surface area (Å²) in [6, 6.07) is 9.25. The van der Waals surface area contributed by atoms with Gasteiger partial charge in [0.15, 0.2) is 0 Å². The lowest BCUT2D eigenvalue weighted by molar-refractivity contribution is -0.135. The normalized spacial score (nSPS) is 15.8. The molecular formula is C14H22N2O2. The van der Waals surface area contributed by atoms with E-state index in [-0.39, 0.29) is 17.9 Å². The molecule has 0 heterocycles. The first-order valence-corrected chi connectivity index (χ1v) is 6.17. The van der Waals surface area contributed by atoms with Gasteiger partial charge >= 0.3 is 0 Å². The number of aliphatic hydroxyl groups excluding tert-OH is 1. The Morgan fingerprint density at radius 1 is 1.33 bits per heavy atom. The first-order chi connectivity index (χ1) is 8.43. The number of carbonyl (C=O) groups excluding carboxylic acids is 1. The molecule has 0 fully saturated rings. The number of carbonyl (C=O) groups is 1. The molecule has 4 nitrogen and oxygen atoms in total. The Balaban J connectivity index is 2.69. The average molecular weight is 250 g/mol. The molecule has 100 valence electrons. The molecule has 3 N–H and O–H groups in total. The molecule has 0 aliphatic carbocycles. The van der Waals surface area contributed by atoms with Crippen LogP contribution < -0.4 is 5.73 Å². The van der Waals surface area contributed by atoms with Crippen LogP contribution in [0.25, 0.3) is 0 Å². The van der Waals surface area contributed by atoms with Gasteiger partial charge in [-0.2, -0.15) is 0 Å². The second-order valence-corrected chi connectivity index (χ2v) is 4.79. The fourth-order valence-corrected chi connectivity index (χ4v) is 1.95. The number of benzene rings is 1. The van der Waals surface area contributed by atoms with Gasteiger partial charge in [-0.25, -0.2) is 0 Å². The predicted octanol–water partition coefficient (Wildman–Crippen LogP) is 1.16. The van der Waals surface area contributed by atoms with Crippen molar-refractivity contribution in [2.24, 2.45) is 11.7 Å². The number of nitrogens with zero attached hydrogens (tertiary/aromatic N) is 1. The number of hydrogen-bond donors (Lipinski definition) is 2. The van der Waals surface area contributed by atoms with Crippen LogP contribution in [0.1, 0.15) is 25.5 Å². The van der Waals surface area contributed by atoms with Crippen LogP contribution in [0.2, 0.25) is 0 Å². The van der Waals surface area contributed by atoms with E-state index in [4.69, 9.17) is 5.73 Å². The lowest BCUT2D eigenvalue weighted by Crippen LogP contribution is -2.40. The number of nitrogens with two attached hydrogens (primary N) is 1. The maximum atomic E-state index is 12.1. The third-order valence-corrected chi connectivity index (χ3v) is 3.03. The number of aliphatic hydroxyl groups is 1. The summed E-state index contributed by atoms with van der Waals surface area (Å²) in [4.78, 5) is 13.7. The van der Waals surface area contributed by atoms with Crippen molar-refractivity contribution in [3.05, 3.63) is 35.9 Å². The molecule has 0 saturated carbocycles. The second kappa shape index (κ2) is 6.52. The first-order valence-electron chi connectivity index (χ1n) is 6.17. The number of hydrogen-bond acceptors (Lipinski definition) is 3. The van der Waals surface area contributed by atoms with Crippen LogP contribution in [-0.4, -0.2) is 35.6 Å². The van der Waals surface area contributed by atoms with Crippen LogP contribution >= 0.6 is 0 Å². The van der Waals surface area contributed by atoms with Crippen molar-refractivity contribution in [1.29, 1.82) is 0 Å². The standard InChI is InChI=1S/C14H22N2O2/c1-10(17)9-16(3)14(18)11(2)13(15)12-7-5-4-6-8-12/h4-8,10-11,13,17H,9,15H2,1-3H3. The van der Waals surface area contributed by atoms with Gasteiger partial charge in [0, 0.05) is 19.6 Å². The molecule has 1 aromatic rings. The van der Waals surface area contributed by atoms with E-state index in [0.717, 1.165) is 5.56 Å². The summed E-state index contributed by atoms with van der Waals surface area (Å²) in [6.07, 6.45) is -0.529. The summed E-state index contributed by atoms with van der Waals surface area (Å²) < 4.78 is 0. The summed E-state index contributed by atoms with van der Waals surface area (Å²) >= 11 is 0. The molecule has 18 heavy (non-hydrogen) atoms. The molecule has 1 aromatic carbocycles. The second-order valence-electron chi connectivity index (χ2n) is 4.79. The molecule has 3 unspecified atom stereocenters. The first kappa shape index (κ1) is 14.7. The molecule has 0 aromatic heterocycles. The molecule has 1 amide bonds. The van der Waals surface area contributed by atoms with Gasteiger partial charge in [-0.1, -0.05) is 37.3 Å². The van der Waals surface area contributed by atoms with Gasteiger partial charge in [0.1, 0.15) is 0 Å². The molecular weight excluding hydrogens is 228 g/mol. The summed E-state index contributed by atoms with van der Waals surface area (Å²) in [5.74, 6) is -0.358. The van der Waals surface area contributed by atoms with Crippen LogP contribution in [0.3, 0.4) is 0 Å². The van der Waals surface area contributed by atoms with E-state index in [0.29, 0.717) is 6.54 Å². The maximum absolute atomic E-state index is 12.1. The monoisotopic (exact) mass is 250 g/mol. The van der Waals surface area contributed by atoms with Crippen LogP contribution in [0, 0.1) is 5.92 Å². The molecule has 4 heteroatoms. The molecule has 3 atom stereocenters. The van der Waals surface area contributed by atoms with Crippen molar-refractivity contribution in [3.63, 3.8) is 0 Å². The lowest BCUT2D eigenvalue weighted by atomic mass is 9.94. The minimum absolute atomic E-state index is 0.0488. The van der Waals surface area contributed by atoms with E-state index in [1.54, 1.807) is 14.0 Å². The van der Waals surface area contributed by atoms with E-state index < -0.39 is 6.10 Å². The third kappa shape index (κ3) is 3.82. The Bertz CT molecular complexity index is 379. The van der Waals surface area contributed by atoms with E-state index in [2.05, 4.69) is 0 Å². The van der Waals surface area contributed by atoms with Gasteiger partial charge in [0.05, 0.1) is 12.0 Å². The number of rotatable bonds is 5. The Hall–Kier alpha value is -1.39. The van der Waals surface area contributed by atoms with Crippen LogP contribution in [-0.2, 0) is 4.79 Å². The summed E-state index contributed by atoms with van der Waals surface area (Å²) in [6.45, 7) is 3.80. The van der Waals surface area contributed by atoms with Crippen molar-refractivity contribution >= 4 is 5.91 Å². The molecule has 0 saturated heterocycles. The SMILES string of the molecule is CC(O)CN(C)C(=O)C(C)C(N)c1ccccc1. The smallest absolute Gasteiger partial charge is 0.227 e. The van der Waals surface area contributed by atoms with Crippen LogP contribution in [0.4, 0.5) is 0 Å². The molecule has 0 radical (unpaired) electrons. The van der Waals surface area contributed by atoms with Crippen molar-refractivity contribution in [2.75, 3.05) is 13.6 Å². The van der Waals surface area contributed by atoms with Gasteiger partial charge in [0.2, 0.25) is 5.91 Å². The van der Waals surface area contributed by atoms with Crippen LogP contribution in [0.5, 0.6) is 0 Å². The fraction of sp³-hybridized carbons (Fsp3) is 0.500. The van der Waals surface area contributed by atoms with Crippen molar-refractivity contribution in [2.45, 2.75) is 26.0 Å². The Morgan fingerprint density at radius 2 is 1.89 bits per heavy atom. The van der Waals surface area contributed by atoms with Crippen molar-refractivity contribution in [3.8, 4) is 0 Å². The zero-order valence-corrected chi connectivity index (χ0v) is 11.2. The van der Waals surface area contributed by atoms with E-state index in [1.807, 2.05) is 37.3 Å². The topological polar surface area (TPSA) is 66.6 Å². The summed E-state index contributed by atoms with van der Waals surface area (Å²) in [5, 5.41) is 9.28. The molecule has 0 bridgehead atoms. The lowest BCUT2D eigenvalue weighted by Gasteiger charge is -2.26. The summed E-state index contributed by atoms with van der Waals surface area (Å²) in [5.41, 5.74) is 7.05. The fourth-order valence-electron chi connectivity index (χ4n) is 1.95. The zero-order valence-electron chi connectivity index (χ0n) is 11.2. The maximum Gasteiger partial charge on any atom is 0.227 e. The number of likely N-dealkylation sites (N-methyl/N-ethyl adjacent to an activating group) is 1. The Labute approximate surface area is 108 Å². The highest BCUT2D eigenvalue weighted by Gasteiger charge is 2.25. The van der Waals surface area contributed by atoms with Gasteiger partial charge in [0.25, 0.3) is 0 Å². The molecule has 0 spiro atoms. The quantitative estimate of drug-likeness (QED) is 0.824. The van der Waals surface area contributed by atoms with Gasteiger partial charge in [-0.15, -0.1) is 0 Å². The minimum atomic E-state index is -0.529. The van der Waals surface area contributed by atoms with E-state index in [9.17, 15) is 9.90 Å². The number of amides is 1. The van der Waals surface area contributed by atoms with E-state index >= 15 is 0 Å². The van der Waals surface area contributed by atoms with E-state index in [1.165, 1.54) is 4.90 Å². The van der Waals surface area contributed by atoms with Gasteiger partial charge in [-0.3, -0.25) is 4.79 Å². The van der Waals surface area contributed by atoms with Crippen molar-refractivity contribution in [1.82, 2.24) is 4.90 Å². The highest BCUT2D eigenvalue weighted by atomic mass is 16.3. The Morgan fingerprint density at radius 3 is 2.39 bits per heavy atom. The molecule has 1 rings (SSSR count). The van der Waals surface area contributed by atoms with Crippen molar-refractivity contribution < 1.29 is 9.90 Å². The predicted molar refractivity (Wildman–Crippen MR) is 71.9 cm³/mol. The largest absolute Gasteiger partial charge is 0.392 e. The highest BCUT2D eigenvalue weighted by molar-refractivity contribution is 5.79. The zero-order chi connectivity index (χ0) is 13.7. The van der Waals surface area contributed by atoms with Gasteiger partial charge in [-0.05, 0) is 12.5 Å². The minimum Gasteiger partial charge on any atom is -0.392 e. The third-order valence-electron chi connectivity index (χ3n) is 3.03.